The van der Waals surface area contributed by atoms with Gasteiger partial charge < -0.3 is 5.32 Å². The Morgan fingerprint density at radius 3 is 2.71 bits per heavy atom. The molecule has 0 unspecified atom stereocenters. The van der Waals surface area contributed by atoms with Crippen LogP contribution in [0.2, 0.25) is 0 Å². The van der Waals surface area contributed by atoms with Crippen molar-refractivity contribution in [3.63, 3.8) is 0 Å². The molecule has 148 valence electrons. The molecule has 7 nitrogen and oxygen atoms in total. The largest absolute Gasteiger partial charge is 0.329 e. The molecule has 0 saturated carbocycles. The van der Waals surface area contributed by atoms with Gasteiger partial charge in [-0.15, -0.1) is 11.3 Å². The Balaban J connectivity index is 1.41. The number of aromatic nitrogens is 3. The van der Waals surface area contributed by atoms with Crippen LogP contribution in [0.25, 0.3) is 11.0 Å². The highest BCUT2D eigenvalue weighted by molar-refractivity contribution is 7.13. The maximum Gasteiger partial charge on any atom is 0.329 e. The fraction of sp³-hybridized carbons (Fsp3) is 0.450. The number of carbonyl (C=O) groups is 1. The van der Waals surface area contributed by atoms with Gasteiger partial charge in [-0.25, -0.2) is 9.78 Å². The normalized spacial score (nSPS) is 15.9. The molecule has 1 aliphatic heterocycles. The van der Waals surface area contributed by atoms with Crippen molar-refractivity contribution in [2.24, 2.45) is 13.0 Å². The molecule has 3 aromatic rings. The molecule has 1 amide bonds. The number of hydrogen-bond donors (Lipinski definition) is 1. The summed E-state index contributed by atoms with van der Waals surface area (Å²) in [5.74, 6) is 0.560. The van der Waals surface area contributed by atoms with Crippen LogP contribution in [0.3, 0.4) is 0 Å². The number of imidazole rings is 1. The zero-order chi connectivity index (χ0) is 19.7. The minimum atomic E-state index is -0.244. The molecule has 28 heavy (non-hydrogen) atoms. The van der Waals surface area contributed by atoms with Gasteiger partial charge in [-0.2, -0.15) is 0 Å². The summed E-state index contributed by atoms with van der Waals surface area (Å²) in [6.07, 6.45) is 2.46. The summed E-state index contributed by atoms with van der Waals surface area (Å²) in [4.78, 5) is 31.9. The molecule has 8 heteroatoms. The number of aryl methyl sites for hydroxylation is 1. The van der Waals surface area contributed by atoms with Crippen molar-refractivity contribution in [2.45, 2.75) is 32.9 Å². The van der Waals surface area contributed by atoms with Gasteiger partial charge in [-0.3, -0.25) is 18.8 Å². The molecule has 2 aromatic heterocycles. The Labute approximate surface area is 167 Å². The van der Waals surface area contributed by atoms with Crippen LogP contribution in [0.1, 0.15) is 25.5 Å². The molecule has 1 aliphatic rings. The molecular formula is C20H25N5O2S. The molecule has 0 radical (unpaired) electrons. The van der Waals surface area contributed by atoms with E-state index in [0.717, 1.165) is 42.3 Å². The van der Waals surface area contributed by atoms with Gasteiger partial charge in [0.05, 0.1) is 16.7 Å². The fourth-order valence-corrected chi connectivity index (χ4v) is 4.42. The highest BCUT2D eigenvalue weighted by Gasteiger charge is 2.18. The number of benzene rings is 1. The average molecular weight is 400 g/mol. The number of amides is 1. The third-order valence-electron chi connectivity index (χ3n) is 5.41. The number of para-hydroxylation sites is 2. The van der Waals surface area contributed by atoms with E-state index in [4.69, 9.17) is 0 Å². The van der Waals surface area contributed by atoms with Crippen LogP contribution in [0.15, 0.2) is 34.4 Å². The van der Waals surface area contributed by atoms with Crippen LogP contribution in [-0.4, -0.2) is 38.0 Å². The first-order valence-corrected chi connectivity index (χ1v) is 10.5. The summed E-state index contributed by atoms with van der Waals surface area (Å²) >= 11 is 1.43. The standard InChI is InChI=1S/C20H25N5O2S/c1-14-7-9-24(10-8-14)11-15-13-28-19(21-15)22-18(26)12-25-17-6-4-3-5-16(17)23(2)20(25)27/h3-6,13-14H,7-12H2,1-2H3,(H,21,22,26). The number of rotatable bonds is 5. The third kappa shape index (κ3) is 3.88. The second-order valence-corrected chi connectivity index (χ2v) is 8.43. The number of fused-ring (bicyclic) bond motifs is 1. The van der Waals surface area contributed by atoms with E-state index in [0.29, 0.717) is 5.13 Å². The quantitative estimate of drug-likeness (QED) is 0.716. The van der Waals surface area contributed by atoms with Crippen LogP contribution in [-0.2, 0) is 24.9 Å². The van der Waals surface area contributed by atoms with Gasteiger partial charge in [0.25, 0.3) is 0 Å². The van der Waals surface area contributed by atoms with E-state index >= 15 is 0 Å². The third-order valence-corrected chi connectivity index (χ3v) is 6.22. The molecular weight excluding hydrogens is 374 g/mol. The second kappa shape index (κ2) is 7.89. The highest BCUT2D eigenvalue weighted by atomic mass is 32.1. The summed E-state index contributed by atoms with van der Waals surface area (Å²) in [5.41, 5.74) is 2.35. The van der Waals surface area contributed by atoms with Crippen molar-refractivity contribution < 1.29 is 4.79 Å². The highest BCUT2D eigenvalue weighted by Crippen LogP contribution is 2.21. The van der Waals surface area contributed by atoms with Gasteiger partial charge >= 0.3 is 5.69 Å². The summed E-state index contributed by atoms with van der Waals surface area (Å²) < 4.78 is 3.05. The summed E-state index contributed by atoms with van der Waals surface area (Å²) in [5, 5.41) is 5.42. The van der Waals surface area contributed by atoms with E-state index in [-0.39, 0.29) is 18.1 Å². The molecule has 0 aliphatic carbocycles. The lowest BCUT2D eigenvalue weighted by Gasteiger charge is -2.29. The van der Waals surface area contributed by atoms with E-state index in [2.05, 4.69) is 22.1 Å². The number of thiazole rings is 1. The van der Waals surface area contributed by atoms with E-state index in [1.807, 2.05) is 29.6 Å². The molecule has 1 N–H and O–H groups in total. The summed E-state index contributed by atoms with van der Waals surface area (Å²) in [6.45, 7) is 5.30. The van der Waals surface area contributed by atoms with Crippen LogP contribution in [0.5, 0.6) is 0 Å². The Morgan fingerprint density at radius 1 is 1.25 bits per heavy atom. The molecule has 0 bridgehead atoms. The number of nitrogens with one attached hydrogen (secondary N) is 1. The molecule has 3 heterocycles. The minimum absolute atomic E-state index is 0.0287. The Bertz CT molecular complexity index is 1040. The maximum absolute atomic E-state index is 12.5. The van der Waals surface area contributed by atoms with Crippen LogP contribution in [0.4, 0.5) is 5.13 Å². The van der Waals surface area contributed by atoms with Crippen LogP contribution < -0.4 is 11.0 Å². The predicted molar refractivity (Wildman–Crippen MR) is 112 cm³/mol. The monoisotopic (exact) mass is 399 g/mol. The number of likely N-dealkylation sites (tertiary alicyclic amines) is 1. The van der Waals surface area contributed by atoms with Crippen LogP contribution >= 0.6 is 11.3 Å². The van der Waals surface area contributed by atoms with Crippen molar-refractivity contribution in [1.82, 2.24) is 19.0 Å². The van der Waals surface area contributed by atoms with Crippen LogP contribution in [0, 0.1) is 5.92 Å². The molecule has 4 rings (SSSR count). The fourth-order valence-electron chi connectivity index (χ4n) is 3.70. The molecule has 1 saturated heterocycles. The van der Waals surface area contributed by atoms with E-state index in [9.17, 15) is 9.59 Å². The lowest BCUT2D eigenvalue weighted by molar-refractivity contribution is -0.116. The minimum Gasteiger partial charge on any atom is -0.300 e. The van der Waals surface area contributed by atoms with Gasteiger partial charge in [0.1, 0.15) is 6.54 Å². The molecule has 1 aromatic carbocycles. The zero-order valence-electron chi connectivity index (χ0n) is 16.2. The van der Waals surface area contributed by atoms with Crippen molar-refractivity contribution in [3.8, 4) is 0 Å². The molecule has 1 fully saturated rings. The lowest BCUT2D eigenvalue weighted by atomic mass is 9.99. The van der Waals surface area contributed by atoms with E-state index in [1.165, 1.54) is 28.7 Å². The van der Waals surface area contributed by atoms with E-state index in [1.54, 1.807) is 11.6 Å². The first-order valence-electron chi connectivity index (χ1n) is 9.62. The zero-order valence-corrected chi connectivity index (χ0v) is 17.0. The van der Waals surface area contributed by atoms with Crippen molar-refractivity contribution in [3.05, 3.63) is 45.8 Å². The van der Waals surface area contributed by atoms with E-state index < -0.39 is 0 Å². The SMILES string of the molecule is CC1CCN(Cc2csc(NC(=O)Cn3c(=O)n(C)c4ccccc43)n2)CC1. The number of piperidine rings is 1. The Morgan fingerprint density at radius 2 is 1.96 bits per heavy atom. The van der Waals surface area contributed by atoms with Gasteiger partial charge in [-0.1, -0.05) is 19.1 Å². The van der Waals surface area contributed by atoms with Gasteiger partial charge in [0, 0.05) is 19.0 Å². The average Bonchev–Trinajstić information content (AvgIpc) is 3.22. The topological polar surface area (TPSA) is 72.2 Å². The number of nitrogens with zero attached hydrogens (tertiary/aromatic N) is 4. The molecule has 0 atom stereocenters. The molecule has 0 spiro atoms. The number of anilines is 1. The summed E-state index contributed by atoms with van der Waals surface area (Å²) in [7, 11) is 1.72. The smallest absolute Gasteiger partial charge is 0.300 e. The summed E-state index contributed by atoms with van der Waals surface area (Å²) in [6, 6.07) is 7.47. The van der Waals surface area contributed by atoms with Crippen molar-refractivity contribution in [1.29, 1.82) is 0 Å². The second-order valence-electron chi connectivity index (χ2n) is 7.57. The number of hydrogen-bond acceptors (Lipinski definition) is 5. The lowest BCUT2D eigenvalue weighted by Crippen LogP contribution is -2.32. The first kappa shape index (κ1) is 18.9. The van der Waals surface area contributed by atoms with Crippen molar-refractivity contribution in [2.75, 3.05) is 18.4 Å². The van der Waals surface area contributed by atoms with Gasteiger partial charge in [-0.05, 0) is 44.0 Å². The van der Waals surface area contributed by atoms with Gasteiger partial charge in [0.15, 0.2) is 5.13 Å². The Kier molecular flexibility index (Phi) is 5.32. The Hall–Kier alpha value is -2.45. The number of carbonyl (C=O) groups excluding carboxylic acids is 1. The predicted octanol–water partition coefficient (Wildman–Crippen LogP) is 2.67. The first-order chi connectivity index (χ1) is 13.5. The van der Waals surface area contributed by atoms with Crippen molar-refractivity contribution >= 4 is 33.4 Å². The van der Waals surface area contributed by atoms with Gasteiger partial charge in [0.2, 0.25) is 5.91 Å². The maximum atomic E-state index is 12.5.